The van der Waals surface area contributed by atoms with Crippen LogP contribution in [0.15, 0.2) is 35.8 Å². The van der Waals surface area contributed by atoms with Crippen molar-refractivity contribution in [2.45, 2.75) is 44.7 Å². The maximum absolute atomic E-state index is 4.88. The van der Waals surface area contributed by atoms with Crippen molar-refractivity contribution in [3.05, 3.63) is 35.8 Å². The molecule has 28 heavy (non-hydrogen) atoms. The van der Waals surface area contributed by atoms with Crippen LogP contribution < -0.4 is 9.38 Å². The van der Waals surface area contributed by atoms with E-state index in [-0.39, 0.29) is 0 Å². The molecule has 0 amide bonds. The Hall–Kier alpha value is -1.43. The Morgan fingerprint density at radius 1 is 1.11 bits per heavy atom. The largest absolute Gasteiger partial charge is 0.367 e. The second-order valence-corrected chi connectivity index (χ2v) is 10.2. The van der Waals surface area contributed by atoms with E-state index in [9.17, 15) is 0 Å². The molecule has 2 aromatic heterocycles. The lowest BCUT2D eigenvalue weighted by molar-refractivity contribution is -0.0929. The van der Waals surface area contributed by atoms with Crippen LogP contribution in [0.3, 0.4) is 0 Å². The second kappa shape index (κ2) is 7.12. The molecule has 0 spiro atoms. The van der Waals surface area contributed by atoms with Crippen LogP contribution in [0.4, 0.5) is 16.5 Å². The predicted octanol–water partition coefficient (Wildman–Crippen LogP) is 4.74. The molecule has 1 aliphatic carbocycles. The Balaban J connectivity index is 1.31. The molecular weight excluding hydrogens is 364 g/mol. The fourth-order valence-corrected chi connectivity index (χ4v) is 6.88. The van der Waals surface area contributed by atoms with Crippen LogP contribution in [0.5, 0.6) is 0 Å². The van der Waals surface area contributed by atoms with E-state index in [0.29, 0.717) is 4.48 Å². The van der Waals surface area contributed by atoms with Crippen molar-refractivity contribution in [2.24, 2.45) is 11.8 Å². The predicted molar refractivity (Wildman–Crippen MR) is 119 cm³/mol. The van der Waals surface area contributed by atoms with Crippen LogP contribution in [-0.2, 0) is 0 Å². The normalized spacial score (nSPS) is 28.5. The van der Waals surface area contributed by atoms with Gasteiger partial charge >= 0.3 is 0 Å². The van der Waals surface area contributed by atoms with Crippen LogP contribution in [0.1, 0.15) is 32.6 Å². The molecular formula is C23H33N4S+. The van der Waals surface area contributed by atoms with Crippen molar-refractivity contribution in [3.63, 3.8) is 0 Å². The van der Waals surface area contributed by atoms with Gasteiger partial charge in [-0.3, -0.25) is 4.90 Å². The average Bonchev–Trinajstić information content (AvgIpc) is 3.43. The zero-order chi connectivity index (χ0) is 19.3. The number of likely N-dealkylation sites (N-methyl/N-ethyl adjacent to an activating group) is 1. The lowest BCUT2D eigenvalue weighted by Crippen LogP contribution is -2.75. The highest BCUT2D eigenvalue weighted by atomic mass is 32.1. The molecule has 2 aromatic rings. The van der Waals surface area contributed by atoms with Gasteiger partial charge in [-0.15, -0.1) is 0 Å². The van der Waals surface area contributed by atoms with Gasteiger partial charge in [-0.05, 0) is 35.9 Å². The number of fused-ring (bicyclic) bond motifs is 2. The monoisotopic (exact) mass is 397 g/mol. The molecule has 1 saturated carbocycles. The molecule has 2 unspecified atom stereocenters. The lowest BCUT2D eigenvalue weighted by Gasteiger charge is -2.64. The number of nitrogens with zero attached hydrogens (tertiary/aromatic N) is 4. The third-order valence-corrected chi connectivity index (χ3v) is 8.72. The smallest absolute Gasteiger partial charge is 0.232 e. The molecule has 5 heterocycles. The Morgan fingerprint density at radius 2 is 1.86 bits per heavy atom. The second-order valence-electron chi connectivity index (χ2n) is 9.27. The third kappa shape index (κ3) is 2.90. The lowest BCUT2D eigenvalue weighted by atomic mass is 9.68. The SMILES string of the molecule is CCN1C2CN(c3ccc([N+](C)(C)c4cccs4)nc3)CC1C2C1CCCC1. The van der Waals surface area contributed by atoms with Gasteiger partial charge in [0.2, 0.25) is 5.82 Å². The average molecular weight is 398 g/mol. The summed E-state index contributed by atoms with van der Waals surface area (Å²) in [5.74, 6) is 3.04. The van der Waals surface area contributed by atoms with E-state index in [1.54, 1.807) is 11.3 Å². The summed E-state index contributed by atoms with van der Waals surface area (Å²) in [6.45, 7) is 5.89. The zero-order valence-electron chi connectivity index (χ0n) is 17.4. The number of hydrogen-bond donors (Lipinski definition) is 0. The zero-order valence-corrected chi connectivity index (χ0v) is 18.2. The highest BCUT2D eigenvalue weighted by Gasteiger charge is 2.55. The first kappa shape index (κ1) is 18.6. The standard InChI is InChI=1S/C23H33N4S/c1-4-26-19-15-25(16-20(26)23(19)17-8-5-6-9-17)18-11-12-21(24-14-18)27(2,3)22-10-7-13-28-22/h7,10-14,17,19-20,23H,4-6,8-9,15-16H2,1-3H3/q+1. The van der Waals surface area contributed by atoms with Gasteiger partial charge in [0.15, 0.2) is 5.00 Å². The number of rotatable bonds is 5. The molecule has 6 rings (SSSR count). The van der Waals surface area contributed by atoms with Crippen LogP contribution in [0, 0.1) is 11.8 Å². The fraction of sp³-hybridized carbons (Fsp3) is 0.609. The van der Waals surface area contributed by atoms with E-state index in [2.05, 4.69) is 66.7 Å². The van der Waals surface area contributed by atoms with Crippen molar-refractivity contribution in [1.29, 1.82) is 0 Å². The number of anilines is 1. The fourth-order valence-electron chi connectivity index (χ4n) is 6.07. The van der Waals surface area contributed by atoms with Gasteiger partial charge in [-0.2, -0.15) is 0 Å². The quantitative estimate of drug-likeness (QED) is 0.679. The van der Waals surface area contributed by atoms with E-state index in [4.69, 9.17) is 4.98 Å². The summed E-state index contributed by atoms with van der Waals surface area (Å²) in [6, 6.07) is 10.3. The minimum Gasteiger partial charge on any atom is -0.367 e. The highest BCUT2D eigenvalue weighted by molar-refractivity contribution is 7.14. The molecule has 2 atom stereocenters. The summed E-state index contributed by atoms with van der Waals surface area (Å²) in [6.07, 6.45) is 7.97. The van der Waals surface area contributed by atoms with Crippen molar-refractivity contribution in [1.82, 2.24) is 14.4 Å². The molecule has 3 saturated heterocycles. The molecule has 2 bridgehead atoms. The molecule has 3 aliphatic heterocycles. The van der Waals surface area contributed by atoms with Gasteiger partial charge in [-0.25, -0.2) is 9.47 Å². The number of thiophene rings is 1. The summed E-state index contributed by atoms with van der Waals surface area (Å²) in [4.78, 5) is 10.2. The third-order valence-electron chi connectivity index (χ3n) is 7.59. The molecule has 4 fully saturated rings. The van der Waals surface area contributed by atoms with E-state index in [1.807, 2.05) is 0 Å². The molecule has 0 N–H and O–H groups in total. The van der Waals surface area contributed by atoms with Crippen molar-refractivity contribution >= 4 is 27.8 Å². The van der Waals surface area contributed by atoms with Gasteiger partial charge in [0.25, 0.3) is 0 Å². The van der Waals surface area contributed by atoms with E-state index >= 15 is 0 Å². The first-order valence-corrected chi connectivity index (χ1v) is 11.8. The summed E-state index contributed by atoms with van der Waals surface area (Å²) in [7, 11) is 4.44. The van der Waals surface area contributed by atoms with Crippen LogP contribution in [0.25, 0.3) is 0 Å². The number of hydrogen-bond acceptors (Lipinski definition) is 4. The van der Waals surface area contributed by atoms with Gasteiger partial charge in [0.05, 0.1) is 26.0 Å². The Labute approximate surface area is 173 Å². The Bertz CT molecular complexity index is 781. The number of piperazine rings is 1. The summed E-state index contributed by atoms with van der Waals surface area (Å²) < 4.78 is 0.705. The summed E-state index contributed by atoms with van der Waals surface area (Å²) in [5, 5.41) is 3.46. The summed E-state index contributed by atoms with van der Waals surface area (Å²) >= 11 is 1.79. The summed E-state index contributed by atoms with van der Waals surface area (Å²) in [5.41, 5.74) is 1.30. The van der Waals surface area contributed by atoms with Gasteiger partial charge in [-0.1, -0.05) is 43.9 Å². The maximum atomic E-state index is 4.88. The van der Waals surface area contributed by atoms with Crippen molar-refractivity contribution < 1.29 is 0 Å². The number of quaternary nitrogens is 1. The van der Waals surface area contributed by atoms with Gasteiger partial charge < -0.3 is 4.90 Å². The molecule has 150 valence electrons. The molecule has 5 heteroatoms. The van der Waals surface area contributed by atoms with E-state index < -0.39 is 0 Å². The van der Waals surface area contributed by atoms with Crippen LogP contribution >= 0.6 is 11.3 Å². The van der Waals surface area contributed by atoms with Crippen molar-refractivity contribution in [2.75, 3.05) is 38.6 Å². The minimum atomic E-state index is 0.705. The minimum absolute atomic E-state index is 0.705. The Kier molecular flexibility index (Phi) is 4.73. The Morgan fingerprint density at radius 3 is 2.43 bits per heavy atom. The van der Waals surface area contributed by atoms with Crippen molar-refractivity contribution in [3.8, 4) is 0 Å². The van der Waals surface area contributed by atoms with Crippen LogP contribution in [0.2, 0.25) is 0 Å². The first-order chi connectivity index (χ1) is 13.6. The molecule has 4 aliphatic rings. The van der Waals surface area contributed by atoms with E-state index in [1.165, 1.54) is 56.0 Å². The van der Waals surface area contributed by atoms with Crippen LogP contribution in [-0.4, -0.2) is 55.7 Å². The van der Waals surface area contributed by atoms with Gasteiger partial charge in [0, 0.05) is 37.3 Å². The number of piperidine rings is 1. The highest BCUT2D eigenvalue weighted by Crippen LogP contribution is 2.48. The van der Waals surface area contributed by atoms with Gasteiger partial charge in [0.1, 0.15) is 0 Å². The maximum Gasteiger partial charge on any atom is 0.232 e. The number of aromatic nitrogens is 1. The van der Waals surface area contributed by atoms with E-state index in [0.717, 1.165) is 29.7 Å². The number of pyridine rings is 1. The topological polar surface area (TPSA) is 19.4 Å². The molecule has 0 radical (unpaired) electrons. The molecule has 0 aromatic carbocycles. The molecule has 4 nitrogen and oxygen atoms in total. The first-order valence-electron chi connectivity index (χ1n) is 10.9.